The Kier molecular flexibility index (Phi) is 7.32. The summed E-state index contributed by atoms with van der Waals surface area (Å²) in [5, 5.41) is 3.47. The first-order chi connectivity index (χ1) is 12.8. The minimum atomic E-state index is 0.379. The lowest BCUT2D eigenvalue weighted by atomic mass is 9.78. The molecule has 5 nitrogen and oxygen atoms in total. The van der Waals surface area contributed by atoms with E-state index in [4.69, 9.17) is 14.5 Å². The van der Waals surface area contributed by atoms with E-state index in [0.29, 0.717) is 12.0 Å². The molecule has 1 heterocycles. The quantitative estimate of drug-likeness (QED) is 0.440. The Morgan fingerprint density at radius 3 is 2.77 bits per heavy atom. The summed E-state index contributed by atoms with van der Waals surface area (Å²) < 4.78 is 11.0. The van der Waals surface area contributed by atoms with E-state index >= 15 is 0 Å². The number of benzene rings is 1. The van der Waals surface area contributed by atoms with Gasteiger partial charge in [-0.2, -0.15) is 0 Å². The fraction of sp³-hybridized carbons (Fsp3) is 0.667. The van der Waals surface area contributed by atoms with Crippen LogP contribution in [0.3, 0.4) is 0 Å². The molecule has 0 saturated carbocycles. The SMILES string of the molecule is CCNC(=NCC1Cc2ccccc21)N1CCC(OCCCOC)CC1. The minimum Gasteiger partial charge on any atom is -0.385 e. The zero-order valence-corrected chi connectivity index (χ0v) is 16.2. The molecule has 3 rings (SSSR count). The Labute approximate surface area is 157 Å². The van der Waals surface area contributed by atoms with Crippen LogP contribution in [0.15, 0.2) is 29.3 Å². The second-order valence-corrected chi connectivity index (χ2v) is 7.20. The fourth-order valence-electron chi connectivity index (χ4n) is 3.84. The number of nitrogens with zero attached hydrogens (tertiary/aromatic N) is 2. The molecule has 26 heavy (non-hydrogen) atoms. The van der Waals surface area contributed by atoms with Crippen LogP contribution in [-0.4, -0.2) is 63.5 Å². The normalized spacial score (nSPS) is 20.6. The first-order valence-corrected chi connectivity index (χ1v) is 10.0. The van der Waals surface area contributed by atoms with Crippen molar-refractivity contribution in [2.45, 2.75) is 44.6 Å². The summed E-state index contributed by atoms with van der Waals surface area (Å²) in [6.07, 6.45) is 4.66. The lowest BCUT2D eigenvalue weighted by Crippen LogP contribution is -2.47. The Morgan fingerprint density at radius 2 is 2.04 bits per heavy atom. The molecule has 5 heteroatoms. The molecule has 1 aliphatic heterocycles. The third kappa shape index (κ3) is 4.98. The predicted octanol–water partition coefficient (Wildman–Crippen LogP) is 2.81. The van der Waals surface area contributed by atoms with Crippen LogP contribution in [0.4, 0.5) is 0 Å². The maximum absolute atomic E-state index is 5.97. The van der Waals surface area contributed by atoms with Crippen LogP contribution in [0.25, 0.3) is 0 Å². The van der Waals surface area contributed by atoms with Crippen molar-refractivity contribution in [1.29, 1.82) is 0 Å². The molecule has 1 aromatic carbocycles. The molecule has 1 unspecified atom stereocenters. The standard InChI is InChI=1S/C21H33N3O2/c1-3-22-21(23-16-18-15-17-7-4-5-8-20(17)18)24-11-9-19(10-12-24)26-14-6-13-25-2/h4-5,7-8,18-19H,3,6,9-16H2,1-2H3,(H,22,23). The number of guanidine groups is 1. The molecule has 1 aromatic rings. The van der Waals surface area contributed by atoms with Gasteiger partial charge in [0.05, 0.1) is 6.10 Å². The lowest BCUT2D eigenvalue weighted by Gasteiger charge is -2.35. The van der Waals surface area contributed by atoms with Gasteiger partial charge in [0.15, 0.2) is 5.96 Å². The van der Waals surface area contributed by atoms with Crippen molar-refractivity contribution in [3.8, 4) is 0 Å². The van der Waals surface area contributed by atoms with Gasteiger partial charge in [-0.15, -0.1) is 0 Å². The number of methoxy groups -OCH3 is 1. The molecular formula is C21H33N3O2. The number of rotatable bonds is 8. The summed E-state index contributed by atoms with van der Waals surface area (Å²) in [6, 6.07) is 8.75. The summed E-state index contributed by atoms with van der Waals surface area (Å²) in [6.45, 7) is 7.54. The average molecular weight is 360 g/mol. The zero-order valence-electron chi connectivity index (χ0n) is 16.2. The Balaban J connectivity index is 1.46. The highest BCUT2D eigenvalue weighted by molar-refractivity contribution is 5.80. The van der Waals surface area contributed by atoms with Crippen LogP contribution < -0.4 is 5.32 Å². The Morgan fingerprint density at radius 1 is 1.23 bits per heavy atom. The molecule has 144 valence electrons. The van der Waals surface area contributed by atoms with Crippen molar-refractivity contribution in [3.63, 3.8) is 0 Å². The van der Waals surface area contributed by atoms with E-state index in [1.165, 1.54) is 11.1 Å². The highest BCUT2D eigenvalue weighted by atomic mass is 16.5. The van der Waals surface area contributed by atoms with E-state index in [1.807, 2.05) is 0 Å². The van der Waals surface area contributed by atoms with Gasteiger partial charge in [-0.05, 0) is 43.7 Å². The summed E-state index contributed by atoms with van der Waals surface area (Å²) in [4.78, 5) is 7.34. The highest BCUT2D eigenvalue weighted by Crippen LogP contribution is 2.34. The average Bonchev–Trinajstić information content (AvgIpc) is 2.66. The molecule has 1 atom stereocenters. The lowest BCUT2D eigenvalue weighted by molar-refractivity contribution is 0.00990. The summed E-state index contributed by atoms with van der Waals surface area (Å²) >= 11 is 0. The highest BCUT2D eigenvalue weighted by Gasteiger charge is 2.26. The Bertz CT molecular complexity index is 582. The van der Waals surface area contributed by atoms with Gasteiger partial charge in [0.25, 0.3) is 0 Å². The molecule has 0 aromatic heterocycles. The number of nitrogens with one attached hydrogen (secondary N) is 1. The molecule has 0 bridgehead atoms. The first kappa shape index (κ1) is 19.2. The van der Waals surface area contributed by atoms with Crippen LogP contribution in [0, 0.1) is 0 Å². The minimum absolute atomic E-state index is 0.379. The summed E-state index contributed by atoms with van der Waals surface area (Å²) in [5.74, 6) is 1.65. The van der Waals surface area contributed by atoms with E-state index in [-0.39, 0.29) is 0 Å². The van der Waals surface area contributed by atoms with Crippen molar-refractivity contribution >= 4 is 5.96 Å². The van der Waals surface area contributed by atoms with Gasteiger partial charge in [0, 0.05) is 52.4 Å². The summed E-state index contributed by atoms with van der Waals surface area (Å²) in [7, 11) is 1.74. The van der Waals surface area contributed by atoms with Crippen LogP contribution in [0.5, 0.6) is 0 Å². The van der Waals surface area contributed by atoms with Crippen LogP contribution >= 0.6 is 0 Å². The second kappa shape index (κ2) is 9.93. The number of ether oxygens (including phenoxy) is 2. The van der Waals surface area contributed by atoms with E-state index in [0.717, 1.165) is 71.0 Å². The molecule has 1 saturated heterocycles. The third-order valence-corrected chi connectivity index (χ3v) is 5.35. The van der Waals surface area contributed by atoms with Gasteiger partial charge in [-0.1, -0.05) is 24.3 Å². The number of hydrogen-bond acceptors (Lipinski definition) is 3. The van der Waals surface area contributed by atoms with Crippen molar-refractivity contribution in [1.82, 2.24) is 10.2 Å². The number of aliphatic imine (C=N–C) groups is 1. The maximum Gasteiger partial charge on any atom is 0.193 e. The van der Waals surface area contributed by atoms with Crippen molar-refractivity contribution in [2.75, 3.05) is 46.5 Å². The van der Waals surface area contributed by atoms with Gasteiger partial charge in [-0.25, -0.2) is 0 Å². The van der Waals surface area contributed by atoms with E-state index in [2.05, 4.69) is 41.4 Å². The third-order valence-electron chi connectivity index (χ3n) is 5.35. The molecule has 1 aliphatic carbocycles. The number of fused-ring (bicyclic) bond motifs is 1. The monoisotopic (exact) mass is 359 g/mol. The van der Waals surface area contributed by atoms with Gasteiger partial charge < -0.3 is 19.7 Å². The van der Waals surface area contributed by atoms with Crippen molar-refractivity contribution in [3.05, 3.63) is 35.4 Å². The maximum atomic E-state index is 5.97. The molecular weight excluding hydrogens is 326 g/mol. The fourth-order valence-corrected chi connectivity index (χ4v) is 3.84. The molecule has 0 radical (unpaired) electrons. The van der Waals surface area contributed by atoms with E-state index in [1.54, 1.807) is 7.11 Å². The molecule has 1 fully saturated rings. The van der Waals surface area contributed by atoms with Crippen molar-refractivity contribution < 1.29 is 9.47 Å². The smallest absolute Gasteiger partial charge is 0.193 e. The van der Waals surface area contributed by atoms with Gasteiger partial charge >= 0.3 is 0 Å². The van der Waals surface area contributed by atoms with Gasteiger partial charge in [0.2, 0.25) is 0 Å². The van der Waals surface area contributed by atoms with Gasteiger partial charge in [0.1, 0.15) is 0 Å². The van der Waals surface area contributed by atoms with Gasteiger partial charge in [-0.3, -0.25) is 4.99 Å². The largest absolute Gasteiger partial charge is 0.385 e. The molecule has 0 amide bonds. The second-order valence-electron chi connectivity index (χ2n) is 7.20. The number of piperidine rings is 1. The van der Waals surface area contributed by atoms with Crippen LogP contribution in [0.2, 0.25) is 0 Å². The molecule has 0 spiro atoms. The molecule has 1 N–H and O–H groups in total. The van der Waals surface area contributed by atoms with Crippen LogP contribution in [0.1, 0.15) is 43.2 Å². The topological polar surface area (TPSA) is 46.1 Å². The van der Waals surface area contributed by atoms with Crippen LogP contribution in [-0.2, 0) is 15.9 Å². The number of hydrogen-bond donors (Lipinski definition) is 1. The summed E-state index contributed by atoms with van der Waals surface area (Å²) in [5.41, 5.74) is 2.97. The number of likely N-dealkylation sites (tertiary alicyclic amines) is 1. The van der Waals surface area contributed by atoms with Crippen molar-refractivity contribution in [2.24, 2.45) is 4.99 Å². The van der Waals surface area contributed by atoms with E-state index in [9.17, 15) is 0 Å². The zero-order chi connectivity index (χ0) is 18.2. The first-order valence-electron chi connectivity index (χ1n) is 10.0. The van der Waals surface area contributed by atoms with E-state index < -0.39 is 0 Å². The molecule has 2 aliphatic rings. The Hall–Kier alpha value is -1.59. The predicted molar refractivity (Wildman–Crippen MR) is 106 cm³/mol.